The number of aromatic nitrogens is 1. The topological polar surface area (TPSA) is 68.0 Å². The summed E-state index contributed by atoms with van der Waals surface area (Å²) in [5.41, 5.74) is 6.84. The smallest absolute Gasteiger partial charge is 0.224 e. The molecular formula is C15H18ClN3O. The van der Waals surface area contributed by atoms with Crippen molar-refractivity contribution in [1.82, 2.24) is 4.98 Å². The van der Waals surface area contributed by atoms with Gasteiger partial charge in [0.05, 0.1) is 16.2 Å². The van der Waals surface area contributed by atoms with Crippen LogP contribution in [0.5, 0.6) is 0 Å². The quantitative estimate of drug-likeness (QED) is 0.802. The average molecular weight is 292 g/mol. The lowest BCUT2D eigenvalue weighted by molar-refractivity contribution is -0.116. The fraction of sp³-hybridized carbons (Fsp3) is 0.333. The van der Waals surface area contributed by atoms with Crippen molar-refractivity contribution < 1.29 is 4.79 Å². The van der Waals surface area contributed by atoms with Crippen LogP contribution in [0.2, 0.25) is 5.02 Å². The van der Waals surface area contributed by atoms with E-state index in [4.69, 9.17) is 17.3 Å². The number of pyridine rings is 1. The van der Waals surface area contributed by atoms with E-state index in [1.165, 1.54) is 0 Å². The molecule has 2 rings (SSSR count). The molecule has 0 fully saturated rings. The molecule has 0 spiro atoms. The molecule has 0 radical (unpaired) electrons. The number of unbranched alkanes of at least 4 members (excludes halogenated alkanes) is 2. The molecular weight excluding hydrogens is 274 g/mol. The Balaban J connectivity index is 2.06. The Morgan fingerprint density at radius 2 is 2.10 bits per heavy atom. The van der Waals surface area contributed by atoms with Crippen molar-refractivity contribution in [2.24, 2.45) is 5.73 Å². The summed E-state index contributed by atoms with van der Waals surface area (Å²) in [5.74, 6) is -0.00343. The fourth-order valence-electron chi connectivity index (χ4n) is 2.06. The molecule has 1 aromatic heterocycles. The van der Waals surface area contributed by atoms with Gasteiger partial charge in [-0.1, -0.05) is 18.0 Å². The summed E-state index contributed by atoms with van der Waals surface area (Å²) in [6.07, 6.45) is 4.97. The predicted octanol–water partition coefficient (Wildman–Crippen LogP) is 3.35. The molecule has 20 heavy (non-hydrogen) atoms. The Hall–Kier alpha value is -1.65. The number of amides is 1. The lowest BCUT2D eigenvalue weighted by Crippen LogP contribution is -2.12. The summed E-state index contributed by atoms with van der Waals surface area (Å²) in [4.78, 5) is 16.2. The second-order valence-electron chi connectivity index (χ2n) is 4.64. The summed E-state index contributed by atoms with van der Waals surface area (Å²) < 4.78 is 0. The Morgan fingerprint density at radius 3 is 2.90 bits per heavy atom. The molecule has 0 aliphatic rings. The minimum atomic E-state index is -0.00343. The van der Waals surface area contributed by atoms with Gasteiger partial charge in [0, 0.05) is 18.0 Å². The van der Waals surface area contributed by atoms with Gasteiger partial charge in [-0.2, -0.15) is 0 Å². The van der Waals surface area contributed by atoms with Crippen LogP contribution in [0.1, 0.15) is 25.7 Å². The van der Waals surface area contributed by atoms with Gasteiger partial charge in [-0.3, -0.25) is 9.78 Å². The van der Waals surface area contributed by atoms with Gasteiger partial charge in [0.15, 0.2) is 0 Å². The van der Waals surface area contributed by atoms with E-state index >= 15 is 0 Å². The first-order valence-corrected chi connectivity index (χ1v) is 7.13. The van der Waals surface area contributed by atoms with Crippen LogP contribution in [-0.4, -0.2) is 17.4 Å². The molecule has 0 atom stereocenters. The lowest BCUT2D eigenvalue weighted by atomic mass is 10.1. The van der Waals surface area contributed by atoms with Crippen molar-refractivity contribution in [2.45, 2.75) is 25.7 Å². The van der Waals surface area contributed by atoms with Crippen LogP contribution < -0.4 is 11.1 Å². The molecule has 3 N–H and O–H groups in total. The number of carbonyl (C=O) groups is 1. The molecule has 0 saturated carbocycles. The number of nitrogens with zero attached hydrogens (tertiary/aromatic N) is 1. The minimum absolute atomic E-state index is 0.00343. The zero-order valence-electron chi connectivity index (χ0n) is 11.2. The van der Waals surface area contributed by atoms with E-state index in [1.54, 1.807) is 18.3 Å². The van der Waals surface area contributed by atoms with Crippen LogP contribution in [0.3, 0.4) is 0 Å². The van der Waals surface area contributed by atoms with Crippen LogP contribution in [0.25, 0.3) is 10.9 Å². The van der Waals surface area contributed by atoms with E-state index in [1.807, 2.05) is 12.1 Å². The number of rotatable bonds is 6. The van der Waals surface area contributed by atoms with Gasteiger partial charge in [0.25, 0.3) is 0 Å². The van der Waals surface area contributed by atoms with Crippen molar-refractivity contribution in [2.75, 3.05) is 11.9 Å². The zero-order chi connectivity index (χ0) is 14.4. The van der Waals surface area contributed by atoms with Crippen molar-refractivity contribution in [3.63, 3.8) is 0 Å². The molecule has 0 bridgehead atoms. The van der Waals surface area contributed by atoms with Gasteiger partial charge in [0.1, 0.15) is 0 Å². The highest BCUT2D eigenvalue weighted by atomic mass is 35.5. The monoisotopic (exact) mass is 291 g/mol. The standard InChI is InChI=1S/C15H18ClN3O/c16-12-7-8-13(15-11(12)5-4-10-18-15)19-14(20)6-2-1-3-9-17/h4-5,7-8,10H,1-3,6,9,17H2,(H,19,20). The number of benzene rings is 1. The Kier molecular flexibility index (Phi) is 5.32. The number of carbonyl (C=O) groups excluding carboxylic acids is 1. The van der Waals surface area contributed by atoms with Gasteiger partial charge in [-0.05, 0) is 43.7 Å². The minimum Gasteiger partial charge on any atom is -0.330 e. The van der Waals surface area contributed by atoms with Crippen LogP contribution >= 0.6 is 11.6 Å². The van der Waals surface area contributed by atoms with E-state index in [0.29, 0.717) is 23.7 Å². The third-order valence-electron chi connectivity index (χ3n) is 3.10. The van der Waals surface area contributed by atoms with Crippen LogP contribution in [-0.2, 0) is 4.79 Å². The fourth-order valence-corrected chi connectivity index (χ4v) is 2.27. The molecule has 0 aliphatic carbocycles. The molecule has 106 valence electrons. The third kappa shape index (κ3) is 3.68. The van der Waals surface area contributed by atoms with E-state index in [-0.39, 0.29) is 5.91 Å². The molecule has 5 heteroatoms. The first-order valence-electron chi connectivity index (χ1n) is 6.75. The number of nitrogens with two attached hydrogens (primary N) is 1. The van der Waals surface area contributed by atoms with Crippen molar-refractivity contribution in [3.05, 3.63) is 35.5 Å². The number of anilines is 1. The van der Waals surface area contributed by atoms with Crippen LogP contribution in [0.4, 0.5) is 5.69 Å². The molecule has 0 aliphatic heterocycles. The highest BCUT2D eigenvalue weighted by molar-refractivity contribution is 6.35. The highest BCUT2D eigenvalue weighted by Crippen LogP contribution is 2.28. The molecule has 0 saturated heterocycles. The second-order valence-corrected chi connectivity index (χ2v) is 5.05. The third-order valence-corrected chi connectivity index (χ3v) is 3.43. The second kappa shape index (κ2) is 7.22. The number of fused-ring (bicyclic) bond motifs is 1. The first kappa shape index (κ1) is 14.8. The molecule has 1 amide bonds. The SMILES string of the molecule is NCCCCCC(=O)Nc1ccc(Cl)c2cccnc12. The van der Waals surface area contributed by atoms with Crippen LogP contribution in [0, 0.1) is 0 Å². The first-order chi connectivity index (χ1) is 9.72. The van der Waals surface area contributed by atoms with Crippen molar-refractivity contribution in [3.8, 4) is 0 Å². The van der Waals surface area contributed by atoms with E-state index in [9.17, 15) is 4.79 Å². The van der Waals surface area contributed by atoms with Gasteiger partial charge in [-0.25, -0.2) is 0 Å². The maximum atomic E-state index is 11.9. The summed E-state index contributed by atoms with van der Waals surface area (Å²) >= 11 is 6.12. The molecule has 1 heterocycles. The Labute approximate surface area is 123 Å². The van der Waals surface area contributed by atoms with Crippen molar-refractivity contribution in [1.29, 1.82) is 0 Å². The number of hydrogen-bond donors (Lipinski definition) is 2. The lowest BCUT2D eigenvalue weighted by Gasteiger charge is -2.09. The molecule has 1 aromatic carbocycles. The molecule has 0 unspecified atom stereocenters. The largest absolute Gasteiger partial charge is 0.330 e. The predicted molar refractivity (Wildman–Crippen MR) is 82.9 cm³/mol. The maximum Gasteiger partial charge on any atom is 0.224 e. The highest BCUT2D eigenvalue weighted by Gasteiger charge is 2.08. The Bertz CT molecular complexity index is 601. The molecule has 4 nitrogen and oxygen atoms in total. The van der Waals surface area contributed by atoms with Gasteiger partial charge in [0.2, 0.25) is 5.91 Å². The summed E-state index contributed by atoms with van der Waals surface area (Å²) in [5, 5.41) is 4.37. The number of hydrogen-bond acceptors (Lipinski definition) is 3. The number of nitrogens with one attached hydrogen (secondary N) is 1. The van der Waals surface area contributed by atoms with E-state index in [0.717, 1.165) is 30.2 Å². The summed E-state index contributed by atoms with van der Waals surface area (Å²) in [6.45, 7) is 0.674. The van der Waals surface area contributed by atoms with Gasteiger partial charge in [-0.15, -0.1) is 0 Å². The van der Waals surface area contributed by atoms with Gasteiger partial charge < -0.3 is 11.1 Å². The number of halogens is 1. The molecule has 2 aromatic rings. The summed E-state index contributed by atoms with van der Waals surface area (Å²) in [6, 6.07) is 7.28. The van der Waals surface area contributed by atoms with E-state index in [2.05, 4.69) is 10.3 Å². The average Bonchev–Trinajstić information content (AvgIpc) is 2.47. The van der Waals surface area contributed by atoms with E-state index < -0.39 is 0 Å². The summed E-state index contributed by atoms with van der Waals surface area (Å²) in [7, 11) is 0. The van der Waals surface area contributed by atoms with Crippen LogP contribution in [0.15, 0.2) is 30.5 Å². The van der Waals surface area contributed by atoms with Crippen molar-refractivity contribution >= 4 is 34.1 Å². The Morgan fingerprint density at radius 1 is 1.25 bits per heavy atom. The van der Waals surface area contributed by atoms with Gasteiger partial charge >= 0.3 is 0 Å². The normalized spacial score (nSPS) is 10.7. The maximum absolute atomic E-state index is 11.9. The zero-order valence-corrected chi connectivity index (χ0v) is 12.0.